The molecule has 4 amide bonds. The van der Waals surface area contributed by atoms with Gasteiger partial charge in [0, 0.05) is 5.69 Å². The Morgan fingerprint density at radius 3 is 2.35 bits per heavy atom. The smallest absolute Gasteiger partial charge is 0.324 e. The van der Waals surface area contributed by atoms with Gasteiger partial charge in [0.2, 0.25) is 5.91 Å². The third-order valence-electron chi connectivity index (χ3n) is 5.85. The summed E-state index contributed by atoms with van der Waals surface area (Å²) in [6.07, 6.45) is 0. The molecule has 3 aromatic rings. The van der Waals surface area contributed by atoms with Crippen LogP contribution in [0.15, 0.2) is 54.6 Å². The van der Waals surface area contributed by atoms with Gasteiger partial charge in [0.05, 0.1) is 0 Å². The number of imide groups is 1. The molecule has 0 bridgehead atoms. The van der Waals surface area contributed by atoms with Gasteiger partial charge in [-0.2, -0.15) is 0 Å². The lowest BCUT2D eigenvalue weighted by Crippen LogP contribution is -2.42. The number of aryl methyl sites for hydroxylation is 3. The zero-order chi connectivity index (χ0) is 22.3. The topological polar surface area (TPSA) is 78.5 Å². The summed E-state index contributed by atoms with van der Waals surface area (Å²) in [6, 6.07) is 16.7. The molecule has 0 saturated carbocycles. The molecule has 1 fully saturated rings. The second-order valence-electron chi connectivity index (χ2n) is 8.30. The van der Waals surface area contributed by atoms with Gasteiger partial charge in [0.1, 0.15) is 12.1 Å². The van der Waals surface area contributed by atoms with Gasteiger partial charge >= 0.3 is 6.03 Å². The van der Waals surface area contributed by atoms with E-state index in [9.17, 15) is 14.4 Å². The summed E-state index contributed by atoms with van der Waals surface area (Å²) < 4.78 is 0. The van der Waals surface area contributed by atoms with Gasteiger partial charge in [-0.25, -0.2) is 4.79 Å². The number of benzene rings is 3. The fourth-order valence-corrected chi connectivity index (χ4v) is 4.38. The number of amides is 4. The summed E-state index contributed by atoms with van der Waals surface area (Å²) in [7, 11) is 0. The molecule has 1 saturated heterocycles. The molecule has 1 atom stereocenters. The first-order valence-corrected chi connectivity index (χ1v) is 10.2. The van der Waals surface area contributed by atoms with Gasteiger partial charge < -0.3 is 10.6 Å². The van der Waals surface area contributed by atoms with E-state index in [-0.39, 0.29) is 6.54 Å². The van der Waals surface area contributed by atoms with E-state index in [0.717, 1.165) is 32.4 Å². The fourth-order valence-electron chi connectivity index (χ4n) is 4.38. The summed E-state index contributed by atoms with van der Waals surface area (Å²) >= 11 is 0. The predicted molar refractivity (Wildman–Crippen MR) is 121 cm³/mol. The highest BCUT2D eigenvalue weighted by molar-refractivity contribution is 6.11. The Bertz CT molecular complexity index is 1210. The Kier molecular flexibility index (Phi) is 5.01. The van der Waals surface area contributed by atoms with E-state index in [1.807, 2.05) is 75.4 Å². The number of anilines is 1. The van der Waals surface area contributed by atoms with Gasteiger partial charge in [-0.05, 0) is 55.2 Å². The van der Waals surface area contributed by atoms with Crippen LogP contribution in [0.1, 0.15) is 29.2 Å². The van der Waals surface area contributed by atoms with Crippen LogP contribution in [-0.4, -0.2) is 29.3 Å². The lowest BCUT2D eigenvalue weighted by molar-refractivity contribution is -0.133. The molecule has 6 nitrogen and oxygen atoms in total. The van der Waals surface area contributed by atoms with Crippen LogP contribution in [0, 0.1) is 20.8 Å². The zero-order valence-electron chi connectivity index (χ0n) is 18.1. The molecule has 31 heavy (non-hydrogen) atoms. The first-order chi connectivity index (χ1) is 14.7. The van der Waals surface area contributed by atoms with Gasteiger partial charge in [-0.3, -0.25) is 14.5 Å². The monoisotopic (exact) mass is 415 g/mol. The van der Waals surface area contributed by atoms with Crippen molar-refractivity contribution >= 4 is 34.3 Å². The van der Waals surface area contributed by atoms with E-state index >= 15 is 0 Å². The third kappa shape index (κ3) is 3.54. The van der Waals surface area contributed by atoms with Crippen LogP contribution in [0.2, 0.25) is 0 Å². The highest BCUT2D eigenvalue weighted by Crippen LogP contribution is 2.34. The number of carbonyl (C=O) groups is 3. The van der Waals surface area contributed by atoms with E-state index in [0.29, 0.717) is 11.3 Å². The first-order valence-electron chi connectivity index (χ1n) is 10.2. The highest BCUT2D eigenvalue weighted by Gasteiger charge is 2.50. The van der Waals surface area contributed by atoms with Crippen molar-refractivity contribution in [2.45, 2.75) is 33.2 Å². The summed E-state index contributed by atoms with van der Waals surface area (Å²) in [4.78, 5) is 39.7. The molecule has 0 aromatic heterocycles. The fraction of sp³-hybridized carbons (Fsp3) is 0.240. The maximum Gasteiger partial charge on any atom is 0.325 e. The summed E-state index contributed by atoms with van der Waals surface area (Å²) in [6.45, 7) is 7.16. The average Bonchev–Trinajstić information content (AvgIpc) is 2.94. The number of carbonyl (C=O) groups excluding carboxylic acids is 3. The molecule has 0 spiro atoms. The van der Waals surface area contributed by atoms with Gasteiger partial charge in [0.25, 0.3) is 5.91 Å². The van der Waals surface area contributed by atoms with Crippen molar-refractivity contribution in [3.05, 3.63) is 76.9 Å². The molecule has 2 N–H and O–H groups in total. The first kappa shape index (κ1) is 20.6. The Balaban J connectivity index is 1.59. The molecular weight excluding hydrogens is 390 g/mol. The van der Waals surface area contributed by atoms with Crippen molar-refractivity contribution in [3.63, 3.8) is 0 Å². The number of fused-ring (bicyclic) bond motifs is 1. The molecule has 3 aromatic carbocycles. The molecule has 1 aliphatic heterocycles. The minimum absolute atomic E-state index is 0.349. The number of nitrogens with zero attached hydrogens (tertiary/aromatic N) is 1. The van der Waals surface area contributed by atoms with Gasteiger partial charge in [-0.15, -0.1) is 0 Å². The van der Waals surface area contributed by atoms with Crippen LogP contribution in [0.25, 0.3) is 10.8 Å². The van der Waals surface area contributed by atoms with Crippen LogP contribution in [0.5, 0.6) is 0 Å². The third-order valence-corrected chi connectivity index (χ3v) is 5.85. The second-order valence-corrected chi connectivity index (χ2v) is 8.30. The maximum absolute atomic E-state index is 13.3. The molecule has 1 heterocycles. The Labute approximate surface area is 181 Å². The largest absolute Gasteiger partial charge is 0.325 e. The van der Waals surface area contributed by atoms with Gasteiger partial charge in [0.15, 0.2) is 0 Å². The highest BCUT2D eigenvalue weighted by atomic mass is 16.2. The average molecular weight is 415 g/mol. The van der Waals surface area contributed by atoms with Crippen LogP contribution in [0.4, 0.5) is 10.5 Å². The maximum atomic E-state index is 13.3. The van der Waals surface area contributed by atoms with Crippen molar-refractivity contribution in [2.75, 3.05) is 11.9 Å². The molecule has 4 rings (SSSR count). The van der Waals surface area contributed by atoms with Crippen LogP contribution >= 0.6 is 0 Å². The Morgan fingerprint density at radius 2 is 1.65 bits per heavy atom. The Morgan fingerprint density at radius 1 is 1.00 bits per heavy atom. The number of hydrogen-bond donors (Lipinski definition) is 2. The minimum Gasteiger partial charge on any atom is -0.324 e. The predicted octanol–water partition coefficient (Wildman–Crippen LogP) is 4.17. The van der Waals surface area contributed by atoms with Crippen molar-refractivity contribution in [1.82, 2.24) is 10.2 Å². The lowest BCUT2D eigenvalue weighted by Gasteiger charge is -2.24. The number of urea groups is 1. The zero-order valence-corrected chi connectivity index (χ0v) is 18.1. The normalized spacial score (nSPS) is 18.4. The van der Waals surface area contributed by atoms with E-state index in [1.54, 1.807) is 6.92 Å². The van der Waals surface area contributed by atoms with E-state index in [2.05, 4.69) is 10.6 Å². The Hall–Kier alpha value is -3.67. The number of hydrogen-bond acceptors (Lipinski definition) is 3. The number of rotatable bonds is 4. The summed E-state index contributed by atoms with van der Waals surface area (Å²) in [5.74, 6) is -0.859. The van der Waals surface area contributed by atoms with Crippen molar-refractivity contribution in [2.24, 2.45) is 0 Å². The van der Waals surface area contributed by atoms with Crippen LogP contribution in [-0.2, 0) is 15.1 Å². The number of nitrogens with one attached hydrogen (secondary N) is 2. The summed E-state index contributed by atoms with van der Waals surface area (Å²) in [5, 5.41) is 7.52. The molecule has 6 heteroatoms. The lowest BCUT2D eigenvalue weighted by atomic mass is 9.88. The standard InChI is InChI=1S/C25H25N3O3/c1-15-12-16(2)22(17(3)13-15)26-21(29)14-28-23(30)25(4,27-24(28)31)20-11-7-9-18-8-5-6-10-19(18)20/h5-13H,14H2,1-4H3,(H,26,29)(H,27,31)/t25-/m0/s1. The summed E-state index contributed by atoms with van der Waals surface area (Å²) in [5.41, 5.74) is 3.14. The van der Waals surface area contributed by atoms with E-state index in [4.69, 9.17) is 0 Å². The van der Waals surface area contributed by atoms with Crippen molar-refractivity contribution in [3.8, 4) is 0 Å². The van der Waals surface area contributed by atoms with Crippen LogP contribution in [0.3, 0.4) is 0 Å². The SMILES string of the molecule is Cc1cc(C)c(NC(=O)CN2C(=O)N[C@@](C)(c3cccc4ccccc34)C2=O)c(C)c1. The van der Waals surface area contributed by atoms with Crippen molar-refractivity contribution in [1.29, 1.82) is 0 Å². The molecule has 1 aliphatic rings. The molecule has 0 radical (unpaired) electrons. The second kappa shape index (κ2) is 7.54. The molecule has 0 aliphatic carbocycles. The van der Waals surface area contributed by atoms with Gasteiger partial charge in [-0.1, -0.05) is 60.2 Å². The van der Waals surface area contributed by atoms with Crippen LogP contribution < -0.4 is 10.6 Å². The van der Waals surface area contributed by atoms with E-state index < -0.39 is 23.4 Å². The molecular formula is C25H25N3O3. The minimum atomic E-state index is -1.24. The van der Waals surface area contributed by atoms with E-state index in [1.165, 1.54) is 0 Å². The quantitative estimate of drug-likeness (QED) is 0.628. The molecule has 0 unspecified atom stereocenters. The van der Waals surface area contributed by atoms with Crippen molar-refractivity contribution < 1.29 is 14.4 Å². The molecule has 158 valence electrons.